The van der Waals surface area contributed by atoms with Crippen molar-refractivity contribution in [3.63, 3.8) is 0 Å². The Morgan fingerprint density at radius 1 is 1.00 bits per heavy atom. The van der Waals surface area contributed by atoms with E-state index in [1.807, 2.05) is 6.08 Å². The molecule has 3 rings (SSSR count). The number of rotatable bonds is 3. The molecule has 0 radical (unpaired) electrons. The summed E-state index contributed by atoms with van der Waals surface area (Å²) in [7, 11) is 0. The summed E-state index contributed by atoms with van der Waals surface area (Å²) in [6.07, 6.45) is 9.51. The van der Waals surface area contributed by atoms with Gasteiger partial charge in [-0.05, 0) is 12.8 Å². The Bertz CT molecular complexity index is 426. The molecule has 4 atom stereocenters. The van der Waals surface area contributed by atoms with Crippen molar-refractivity contribution in [2.45, 2.75) is 56.8 Å². The van der Waals surface area contributed by atoms with Gasteiger partial charge >= 0.3 is 5.97 Å². The lowest BCUT2D eigenvalue weighted by atomic mass is 9.82. The molecule has 20 heavy (non-hydrogen) atoms. The van der Waals surface area contributed by atoms with E-state index >= 15 is 0 Å². The van der Waals surface area contributed by atoms with E-state index in [1.165, 1.54) is 12.8 Å². The zero-order valence-electron chi connectivity index (χ0n) is 11.5. The molecule has 2 N–H and O–H groups in total. The number of aliphatic carboxylic acids is 1. The summed E-state index contributed by atoms with van der Waals surface area (Å²) < 4.78 is 5.54. The lowest BCUT2D eigenvalue weighted by Gasteiger charge is -2.24. The monoisotopic (exact) mass is 279 g/mol. The predicted octanol–water partition coefficient (Wildman–Crippen LogP) is 1.48. The number of carbonyl (C=O) groups excluding carboxylic acids is 1. The van der Waals surface area contributed by atoms with Gasteiger partial charge in [-0.3, -0.25) is 9.59 Å². The number of carboxylic acid groups (broad SMARTS) is 1. The van der Waals surface area contributed by atoms with Gasteiger partial charge in [-0.15, -0.1) is 0 Å². The first kappa shape index (κ1) is 13.6. The average molecular weight is 279 g/mol. The highest BCUT2D eigenvalue weighted by molar-refractivity contribution is 5.87. The van der Waals surface area contributed by atoms with Crippen LogP contribution in [0, 0.1) is 11.8 Å². The first-order chi connectivity index (χ1) is 9.66. The Labute approximate surface area is 118 Å². The summed E-state index contributed by atoms with van der Waals surface area (Å²) >= 11 is 0. The van der Waals surface area contributed by atoms with Crippen LogP contribution in [0.3, 0.4) is 0 Å². The zero-order chi connectivity index (χ0) is 14.1. The van der Waals surface area contributed by atoms with Crippen molar-refractivity contribution in [3.05, 3.63) is 12.2 Å². The van der Waals surface area contributed by atoms with E-state index in [4.69, 9.17) is 4.74 Å². The van der Waals surface area contributed by atoms with E-state index in [-0.39, 0.29) is 18.1 Å². The molecule has 2 aliphatic heterocycles. The highest BCUT2D eigenvalue weighted by Crippen LogP contribution is 2.39. The van der Waals surface area contributed by atoms with Gasteiger partial charge in [-0.1, -0.05) is 37.8 Å². The highest BCUT2D eigenvalue weighted by atomic mass is 16.5. The molecule has 1 saturated carbocycles. The summed E-state index contributed by atoms with van der Waals surface area (Å²) in [5.41, 5.74) is 0. The molecular weight excluding hydrogens is 258 g/mol. The molecule has 5 nitrogen and oxygen atoms in total. The van der Waals surface area contributed by atoms with Crippen LogP contribution in [-0.2, 0) is 14.3 Å². The second-order valence-corrected chi connectivity index (χ2v) is 6.04. The fourth-order valence-electron chi connectivity index (χ4n) is 3.64. The number of amides is 1. The van der Waals surface area contributed by atoms with Gasteiger partial charge in [0.25, 0.3) is 0 Å². The van der Waals surface area contributed by atoms with Crippen molar-refractivity contribution in [1.82, 2.24) is 5.32 Å². The fraction of sp³-hybridized carbons (Fsp3) is 0.733. The second kappa shape index (κ2) is 5.56. The first-order valence-corrected chi connectivity index (χ1v) is 7.54. The van der Waals surface area contributed by atoms with E-state index in [1.54, 1.807) is 6.08 Å². The molecule has 2 bridgehead atoms. The molecule has 5 heteroatoms. The molecule has 2 heterocycles. The summed E-state index contributed by atoms with van der Waals surface area (Å²) in [6, 6.07) is 0.197. The van der Waals surface area contributed by atoms with E-state index < -0.39 is 23.9 Å². The van der Waals surface area contributed by atoms with Crippen molar-refractivity contribution in [2.24, 2.45) is 11.8 Å². The first-order valence-electron chi connectivity index (χ1n) is 7.54. The van der Waals surface area contributed by atoms with E-state index in [2.05, 4.69) is 5.32 Å². The third-order valence-electron chi connectivity index (χ3n) is 4.69. The van der Waals surface area contributed by atoms with Crippen molar-refractivity contribution < 1.29 is 19.4 Å². The molecule has 0 aromatic rings. The molecule has 0 aromatic carbocycles. The van der Waals surface area contributed by atoms with Gasteiger partial charge in [0.2, 0.25) is 5.91 Å². The molecule has 0 aromatic heterocycles. The maximum Gasteiger partial charge on any atom is 0.310 e. The van der Waals surface area contributed by atoms with E-state index in [0.717, 1.165) is 25.7 Å². The Morgan fingerprint density at radius 3 is 2.20 bits per heavy atom. The van der Waals surface area contributed by atoms with Gasteiger partial charge in [-0.25, -0.2) is 0 Å². The third kappa shape index (κ3) is 2.46. The molecule has 3 aliphatic rings. The molecule has 0 unspecified atom stereocenters. The average Bonchev–Trinajstić information content (AvgIpc) is 2.93. The van der Waals surface area contributed by atoms with Gasteiger partial charge in [0.05, 0.1) is 18.1 Å². The standard InChI is InChI=1S/C15H21NO4/c17-14(16-9-5-3-1-2-4-6-9)12-10-7-8-11(20-10)13(12)15(18)19/h7-13H,1-6H2,(H,16,17)(H,18,19)/t10-,11-,12-,13+/m1/s1. The Kier molecular flexibility index (Phi) is 3.78. The number of carboxylic acids is 1. The lowest BCUT2D eigenvalue weighted by Crippen LogP contribution is -2.46. The molecule has 1 amide bonds. The highest BCUT2D eigenvalue weighted by Gasteiger charge is 2.53. The van der Waals surface area contributed by atoms with Gasteiger partial charge in [0.1, 0.15) is 5.92 Å². The number of hydrogen-bond acceptors (Lipinski definition) is 3. The van der Waals surface area contributed by atoms with Gasteiger partial charge in [-0.2, -0.15) is 0 Å². The van der Waals surface area contributed by atoms with Crippen LogP contribution in [0.5, 0.6) is 0 Å². The Balaban J connectivity index is 1.66. The van der Waals surface area contributed by atoms with E-state index in [0.29, 0.717) is 0 Å². The summed E-state index contributed by atoms with van der Waals surface area (Å²) in [6.45, 7) is 0. The largest absolute Gasteiger partial charge is 0.481 e. The summed E-state index contributed by atoms with van der Waals surface area (Å²) in [4.78, 5) is 23.8. The topological polar surface area (TPSA) is 75.6 Å². The maximum atomic E-state index is 12.4. The van der Waals surface area contributed by atoms with Crippen LogP contribution in [-0.4, -0.2) is 35.2 Å². The Hall–Kier alpha value is -1.36. The fourth-order valence-corrected chi connectivity index (χ4v) is 3.64. The molecule has 0 spiro atoms. The second-order valence-electron chi connectivity index (χ2n) is 6.04. The van der Waals surface area contributed by atoms with Crippen LogP contribution in [0.1, 0.15) is 38.5 Å². The quantitative estimate of drug-likeness (QED) is 0.606. The van der Waals surface area contributed by atoms with Crippen molar-refractivity contribution >= 4 is 11.9 Å². The summed E-state index contributed by atoms with van der Waals surface area (Å²) in [5.74, 6) is -2.41. The van der Waals surface area contributed by atoms with Crippen LogP contribution in [0.4, 0.5) is 0 Å². The minimum Gasteiger partial charge on any atom is -0.481 e. The molecule has 1 saturated heterocycles. The van der Waals surface area contributed by atoms with Gasteiger partial charge in [0, 0.05) is 6.04 Å². The molecule has 1 aliphatic carbocycles. The lowest BCUT2D eigenvalue weighted by molar-refractivity contribution is -0.146. The van der Waals surface area contributed by atoms with Crippen LogP contribution < -0.4 is 5.32 Å². The van der Waals surface area contributed by atoms with E-state index in [9.17, 15) is 14.7 Å². The number of carbonyl (C=O) groups is 2. The molecule has 110 valence electrons. The Morgan fingerprint density at radius 2 is 1.60 bits per heavy atom. The minimum atomic E-state index is -0.942. The number of ether oxygens (including phenoxy) is 1. The van der Waals surface area contributed by atoms with Crippen molar-refractivity contribution in [2.75, 3.05) is 0 Å². The zero-order valence-corrected chi connectivity index (χ0v) is 11.5. The van der Waals surface area contributed by atoms with Gasteiger partial charge < -0.3 is 15.2 Å². The van der Waals surface area contributed by atoms with Crippen molar-refractivity contribution in [1.29, 1.82) is 0 Å². The smallest absolute Gasteiger partial charge is 0.310 e. The number of fused-ring (bicyclic) bond motifs is 2. The van der Waals surface area contributed by atoms with Crippen LogP contribution >= 0.6 is 0 Å². The molecule has 2 fully saturated rings. The van der Waals surface area contributed by atoms with Crippen molar-refractivity contribution in [3.8, 4) is 0 Å². The van der Waals surface area contributed by atoms with Crippen LogP contribution in [0.25, 0.3) is 0 Å². The van der Waals surface area contributed by atoms with Gasteiger partial charge in [0.15, 0.2) is 0 Å². The maximum absolute atomic E-state index is 12.4. The molecular formula is C15H21NO4. The number of nitrogens with one attached hydrogen (secondary N) is 1. The third-order valence-corrected chi connectivity index (χ3v) is 4.69. The van der Waals surface area contributed by atoms with Crippen LogP contribution in [0.15, 0.2) is 12.2 Å². The SMILES string of the molecule is O=C(O)[C@@H]1[C@H](C(=O)NC2CCCCCC2)[C@H]2C=C[C@H]1O2. The normalized spacial score (nSPS) is 36.8. The minimum absolute atomic E-state index is 0.152. The van der Waals surface area contributed by atoms with Crippen LogP contribution in [0.2, 0.25) is 0 Å². The summed E-state index contributed by atoms with van der Waals surface area (Å²) in [5, 5.41) is 12.4. The number of hydrogen-bond donors (Lipinski definition) is 2. The predicted molar refractivity (Wildman–Crippen MR) is 72.0 cm³/mol.